The first-order valence-electron chi connectivity index (χ1n) is 6.22. The fourth-order valence-corrected chi connectivity index (χ4v) is 2.45. The van der Waals surface area contributed by atoms with Crippen LogP contribution in [0.25, 0.3) is 0 Å². The molecule has 2 fully saturated rings. The Balaban J connectivity index is 1.78. The third-order valence-electron chi connectivity index (χ3n) is 3.69. The van der Waals surface area contributed by atoms with Gasteiger partial charge in [-0.05, 0) is 50.4 Å². The summed E-state index contributed by atoms with van der Waals surface area (Å²) < 4.78 is 0. The lowest BCUT2D eigenvalue weighted by Crippen LogP contribution is -2.41. The van der Waals surface area contributed by atoms with Gasteiger partial charge in [0.25, 0.3) is 0 Å². The smallest absolute Gasteiger partial charge is 0.0445 e. The van der Waals surface area contributed by atoms with Crippen LogP contribution >= 0.6 is 0 Å². The van der Waals surface area contributed by atoms with Crippen molar-refractivity contribution >= 4 is 0 Å². The molecule has 2 saturated carbocycles. The van der Waals surface area contributed by atoms with Crippen LogP contribution in [0.4, 0.5) is 0 Å². The molecule has 0 radical (unpaired) electrons. The van der Waals surface area contributed by atoms with E-state index in [1.54, 1.807) is 0 Å². The van der Waals surface area contributed by atoms with Gasteiger partial charge in [0.2, 0.25) is 0 Å². The molecule has 2 unspecified atom stereocenters. The van der Waals surface area contributed by atoms with Gasteiger partial charge in [-0.15, -0.1) is 0 Å². The lowest BCUT2D eigenvalue weighted by molar-refractivity contribution is 0.242. The van der Waals surface area contributed by atoms with E-state index < -0.39 is 0 Å². The van der Waals surface area contributed by atoms with Gasteiger partial charge < -0.3 is 10.4 Å². The molecular formula is C12H23NO. The number of hydrogen-bond donors (Lipinski definition) is 2. The minimum Gasteiger partial charge on any atom is -0.396 e. The standard InChI is InChI=1S/C12H23NO/c1-2-11(9-3-4-9)13-12(7-8-14)10-5-6-10/h9-14H,2-8H2,1H3. The predicted molar refractivity (Wildman–Crippen MR) is 58.2 cm³/mol. The van der Waals surface area contributed by atoms with Crippen molar-refractivity contribution in [2.24, 2.45) is 11.8 Å². The SMILES string of the molecule is CCC(NC(CCO)C1CC1)C1CC1. The Bertz CT molecular complexity index is 175. The van der Waals surface area contributed by atoms with Crippen molar-refractivity contribution in [3.8, 4) is 0 Å². The molecule has 82 valence electrons. The number of hydrogen-bond acceptors (Lipinski definition) is 2. The Morgan fingerprint density at radius 2 is 1.71 bits per heavy atom. The minimum absolute atomic E-state index is 0.343. The molecule has 2 aliphatic carbocycles. The fraction of sp³-hybridized carbons (Fsp3) is 1.00. The number of aliphatic hydroxyl groups is 1. The zero-order valence-electron chi connectivity index (χ0n) is 9.21. The van der Waals surface area contributed by atoms with E-state index in [0.717, 1.165) is 24.3 Å². The Hall–Kier alpha value is -0.0800. The number of nitrogens with one attached hydrogen (secondary N) is 1. The molecule has 0 saturated heterocycles. The van der Waals surface area contributed by atoms with E-state index >= 15 is 0 Å². The first-order valence-corrected chi connectivity index (χ1v) is 6.22. The Labute approximate surface area is 87.1 Å². The second-order valence-electron chi connectivity index (χ2n) is 4.98. The fourth-order valence-electron chi connectivity index (χ4n) is 2.45. The third kappa shape index (κ3) is 2.71. The number of aliphatic hydroxyl groups excluding tert-OH is 1. The van der Waals surface area contributed by atoms with E-state index in [-0.39, 0.29) is 0 Å². The molecule has 2 rings (SSSR count). The van der Waals surface area contributed by atoms with E-state index in [9.17, 15) is 0 Å². The van der Waals surface area contributed by atoms with Crippen LogP contribution in [-0.2, 0) is 0 Å². The van der Waals surface area contributed by atoms with Crippen LogP contribution in [0.2, 0.25) is 0 Å². The average molecular weight is 197 g/mol. The average Bonchev–Trinajstić information content (AvgIpc) is 3.05. The Kier molecular flexibility index (Phi) is 3.45. The zero-order chi connectivity index (χ0) is 9.97. The molecule has 14 heavy (non-hydrogen) atoms. The van der Waals surface area contributed by atoms with Gasteiger partial charge in [0.05, 0.1) is 0 Å². The van der Waals surface area contributed by atoms with Crippen LogP contribution in [0.5, 0.6) is 0 Å². The molecule has 0 heterocycles. The van der Waals surface area contributed by atoms with Crippen LogP contribution in [0.3, 0.4) is 0 Å². The molecule has 0 bridgehead atoms. The van der Waals surface area contributed by atoms with Gasteiger partial charge in [0.15, 0.2) is 0 Å². The topological polar surface area (TPSA) is 32.3 Å². The van der Waals surface area contributed by atoms with Gasteiger partial charge in [0, 0.05) is 18.7 Å². The molecule has 0 amide bonds. The molecule has 2 atom stereocenters. The number of rotatable bonds is 7. The normalized spacial score (nSPS) is 26.1. The summed E-state index contributed by atoms with van der Waals surface area (Å²) >= 11 is 0. The third-order valence-corrected chi connectivity index (χ3v) is 3.69. The van der Waals surface area contributed by atoms with Gasteiger partial charge in [-0.2, -0.15) is 0 Å². The van der Waals surface area contributed by atoms with Gasteiger partial charge >= 0.3 is 0 Å². The summed E-state index contributed by atoms with van der Waals surface area (Å²) in [5.41, 5.74) is 0. The summed E-state index contributed by atoms with van der Waals surface area (Å²) in [6.07, 6.45) is 7.79. The summed E-state index contributed by atoms with van der Waals surface area (Å²) in [4.78, 5) is 0. The van der Waals surface area contributed by atoms with Crippen molar-refractivity contribution in [2.75, 3.05) is 6.61 Å². The van der Waals surface area contributed by atoms with E-state index in [4.69, 9.17) is 5.11 Å². The highest BCUT2D eigenvalue weighted by Gasteiger charge is 2.36. The molecule has 2 N–H and O–H groups in total. The largest absolute Gasteiger partial charge is 0.396 e. The maximum Gasteiger partial charge on any atom is 0.0445 e. The molecule has 2 aliphatic rings. The minimum atomic E-state index is 0.343. The first kappa shape index (κ1) is 10.4. The van der Waals surface area contributed by atoms with Gasteiger partial charge in [-0.25, -0.2) is 0 Å². The molecule has 0 aromatic carbocycles. The maximum atomic E-state index is 9.01. The van der Waals surface area contributed by atoms with Gasteiger partial charge in [-0.3, -0.25) is 0 Å². The Morgan fingerprint density at radius 1 is 1.14 bits per heavy atom. The van der Waals surface area contributed by atoms with Crippen molar-refractivity contribution in [1.82, 2.24) is 5.32 Å². The zero-order valence-corrected chi connectivity index (χ0v) is 9.21. The summed E-state index contributed by atoms with van der Waals surface area (Å²) in [6.45, 7) is 2.62. The van der Waals surface area contributed by atoms with Crippen molar-refractivity contribution < 1.29 is 5.11 Å². The van der Waals surface area contributed by atoms with E-state index in [2.05, 4.69) is 12.2 Å². The van der Waals surface area contributed by atoms with Crippen molar-refractivity contribution in [3.05, 3.63) is 0 Å². The molecule has 0 spiro atoms. The van der Waals surface area contributed by atoms with Crippen LogP contribution < -0.4 is 5.32 Å². The highest BCUT2D eigenvalue weighted by atomic mass is 16.3. The summed E-state index contributed by atoms with van der Waals surface area (Å²) in [6, 6.07) is 1.33. The summed E-state index contributed by atoms with van der Waals surface area (Å²) in [5.74, 6) is 1.81. The summed E-state index contributed by atoms with van der Waals surface area (Å²) in [5, 5.41) is 12.8. The quantitative estimate of drug-likeness (QED) is 0.653. The van der Waals surface area contributed by atoms with Gasteiger partial charge in [0.1, 0.15) is 0 Å². The molecular weight excluding hydrogens is 174 g/mol. The van der Waals surface area contributed by atoms with Crippen LogP contribution in [0, 0.1) is 11.8 Å². The second kappa shape index (κ2) is 4.63. The van der Waals surface area contributed by atoms with E-state index in [0.29, 0.717) is 12.6 Å². The van der Waals surface area contributed by atoms with Crippen LogP contribution in [-0.4, -0.2) is 23.8 Å². The highest BCUT2D eigenvalue weighted by Crippen LogP contribution is 2.38. The monoisotopic (exact) mass is 197 g/mol. The molecule has 2 nitrogen and oxygen atoms in total. The van der Waals surface area contributed by atoms with E-state index in [1.165, 1.54) is 32.1 Å². The van der Waals surface area contributed by atoms with Crippen molar-refractivity contribution in [2.45, 2.75) is 57.5 Å². The molecule has 2 heteroatoms. The van der Waals surface area contributed by atoms with Gasteiger partial charge in [-0.1, -0.05) is 6.92 Å². The predicted octanol–water partition coefficient (Wildman–Crippen LogP) is 1.93. The maximum absolute atomic E-state index is 9.01. The lowest BCUT2D eigenvalue weighted by Gasteiger charge is -2.24. The first-order chi connectivity index (χ1) is 6.85. The molecule has 0 aromatic rings. The molecule has 0 aromatic heterocycles. The van der Waals surface area contributed by atoms with Crippen molar-refractivity contribution in [3.63, 3.8) is 0 Å². The summed E-state index contributed by atoms with van der Waals surface area (Å²) in [7, 11) is 0. The Morgan fingerprint density at radius 3 is 2.14 bits per heavy atom. The lowest BCUT2D eigenvalue weighted by atomic mass is 10.0. The van der Waals surface area contributed by atoms with Crippen molar-refractivity contribution in [1.29, 1.82) is 0 Å². The second-order valence-corrected chi connectivity index (χ2v) is 4.98. The molecule has 0 aliphatic heterocycles. The van der Waals surface area contributed by atoms with Crippen LogP contribution in [0.15, 0.2) is 0 Å². The van der Waals surface area contributed by atoms with Crippen LogP contribution in [0.1, 0.15) is 45.4 Å². The van der Waals surface area contributed by atoms with E-state index in [1.807, 2.05) is 0 Å². The highest BCUT2D eigenvalue weighted by molar-refractivity contribution is 4.92.